The van der Waals surface area contributed by atoms with Gasteiger partial charge in [-0.3, -0.25) is 0 Å². The molecule has 0 radical (unpaired) electrons. The largest absolute Gasteiger partial charge is 0.444 e. The third-order valence-electron chi connectivity index (χ3n) is 5.54. The summed E-state index contributed by atoms with van der Waals surface area (Å²) in [6.45, 7) is 7.13. The molecular formula is C27H33FN2O6S. The van der Waals surface area contributed by atoms with Gasteiger partial charge in [0, 0.05) is 17.6 Å². The number of alkyl carbamates (subject to hydrolysis) is 1. The Balaban J connectivity index is 2.13. The molecule has 0 aliphatic heterocycles. The lowest BCUT2D eigenvalue weighted by atomic mass is 10.1. The molecule has 1 atom stereocenters. The quantitative estimate of drug-likeness (QED) is 0.391. The van der Waals surface area contributed by atoms with Crippen molar-refractivity contribution in [2.45, 2.75) is 44.2 Å². The lowest BCUT2D eigenvalue weighted by molar-refractivity contribution is 0.0407. The predicted molar refractivity (Wildman–Crippen MR) is 139 cm³/mol. The third kappa shape index (κ3) is 7.41. The van der Waals surface area contributed by atoms with Crippen LogP contribution in [0.15, 0.2) is 59.5 Å². The standard InChI is InChI=1S/C27H33FN2O6S/c1-18-23(24(17-35-15-14-31)29-26(32)36-27(2,3)4)16-25(30(18)21-10-8-20(28)9-11-21)19-6-12-22(13-7-19)37(5,33)34/h6-13,16,24,31H,14-15,17H2,1-5H3,(H,29,32). The van der Waals surface area contributed by atoms with Crippen molar-refractivity contribution < 1.29 is 32.2 Å². The maximum Gasteiger partial charge on any atom is 0.408 e. The zero-order valence-corrected chi connectivity index (χ0v) is 22.4. The summed E-state index contributed by atoms with van der Waals surface area (Å²) in [5.74, 6) is -0.380. The fourth-order valence-electron chi connectivity index (χ4n) is 3.91. The minimum Gasteiger partial charge on any atom is -0.444 e. The SMILES string of the molecule is Cc1c(C(COCCO)NC(=O)OC(C)(C)C)cc(-c2ccc(S(C)(=O)=O)cc2)n1-c1ccc(F)cc1. The zero-order chi connectivity index (χ0) is 27.4. The topological polar surface area (TPSA) is 107 Å². The molecule has 10 heteroatoms. The van der Waals surface area contributed by atoms with E-state index in [-0.39, 0.29) is 30.5 Å². The van der Waals surface area contributed by atoms with Crippen molar-refractivity contribution in [1.29, 1.82) is 0 Å². The maximum absolute atomic E-state index is 13.7. The van der Waals surface area contributed by atoms with E-state index >= 15 is 0 Å². The van der Waals surface area contributed by atoms with E-state index < -0.39 is 27.6 Å². The van der Waals surface area contributed by atoms with Crippen molar-refractivity contribution in [3.8, 4) is 16.9 Å². The smallest absolute Gasteiger partial charge is 0.408 e. The minimum absolute atomic E-state index is 0.0700. The summed E-state index contributed by atoms with van der Waals surface area (Å²) in [7, 11) is -3.37. The van der Waals surface area contributed by atoms with Crippen LogP contribution in [0.5, 0.6) is 0 Å². The highest BCUT2D eigenvalue weighted by Crippen LogP contribution is 2.33. The summed E-state index contributed by atoms with van der Waals surface area (Å²) in [4.78, 5) is 12.8. The Labute approximate surface area is 217 Å². The summed E-state index contributed by atoms with van der Waals surface area (Å²) in [5, 5.41) is 12.0. The number of aliphatic hydroxyl groups is 1. The number of sulfone groups is 1. The van der Waals surface area contributed by atoms with Crippen LogP contribution in [0.4, 0.5) is 9.18 Å². The Morgan fingerprint density at radius 2 is 1.73 bits per heavy atom. The van der Waals surface area contributed by atoms with E-state index in [0.29, 0.717) is 11.4 Å². The molecule has 8 nitrogen and oxygen atoms in total. The number of rotatable bonds is 9. The van der Waals surface area contributed by atoms with Crippen molar-refractivity contribution in [2.24, 2.45) is 0 Å². The second-order valence-corrected chi connectivity index (χ2v) is 11.7. The van der Waals surface area contributed by atoms with Crippen LogP contribution in [-0.4, -0.2) is 55.9 Å². The van der Waals surface area contributed by atoms with Crippen molar-refractivity contribution in [3.63, 3.8) is 0 Å². The molecule has 0 bridgehead atoms. The molecule has 1 amide bonds. The van der Waals surface area contributed by atoms with Gasteiger partial charge >= 0.3 is 6.09 Å². The fourth-order valence-corrected chi connectivity index (χ4v) is 4.54. The molecule has 1 heterocycles. The molecule has 2 N–H and O–H groups in total. The zero-order valence-electron chi connectivity index (χ0n) is 21.6. The van der Waals surface area contributed by atoms with Gasteiger partial charge in [-0.05, 0) is 81.3 Å². The van der Waals surface area contributed by atoms with Crippen LogP contribution in [0.25, 0.3) is 16.9 Å². The molecule has 1 unspecified atom stereocenters. The molecule has 0 fully saturated rings. The number of hydrogen-bond acceptors (Lipinski definition) is 6. The number of carbonyl (C=O) groups is 1. The number of nitrogens with zero attached hydrogens (tertiary/aromatic N) is 1. The Kier molecular flexibility index (Phi) is 8.78. The second-order valence-electron chi connectivity index (χ2n) is 9.68. The number of ether oxygens (including phenoxy) is 2. The maximum atomic E-state index is 13.7. The Bertz CT molecular complexity index is 1330. The molecular weight excluding hydrogens is 499 g/mol. The molecule has 0 saturated heterocycles. The number of benzene rings is 2. The number of amides is 1. The van der Waals surface area contributed by atoms with Gasteiger partial charge in [0.1, 0.15) is 11.4 Å². The van der Waals surface area contributed by atoms with Crippen molar-refractivity contribution in [3.05, 3.63) is 71.7 Å². The molecule has 200 valence electrons. The summed E-state index contributed by atoms with van der Waals surface area (Å²) >= 11 is 0. The first-order valence-electron chi connectivity index (χ1n) is 11.8. The van der Waals surface area contributed by atoms with Gasteiger partial charge in [0.2, 0.25) is 0 Å². The molecule has 0 aliphatic rings. The monoisotopic (exact) mass is 532 g/mol. The highest BCUT2D eigenvalue weighted by molar-refractivity contribution is 7.90. The number of aliphatic hydroxyl groups excluding tert-OH is 1. The average molecular weight is 533 g/mol. The van der Waals surface area contributed by atoms with Gasteiger partial charge in [0.05, 0.1) is 36.5 Å². The lowest BCUT2D eigenvalue weighted by Gasteiger charge is -2.24. The van der Waals surface area contributed by atoms with Crippen molar-refractivity contribution in [1.82, 2.24) is 9.88 Å². The number of carbonyl (C=O) groups excluding carboxylic acids is 1. The van der Waals surface area contributed by atoms with E-state index in [1.807, 2.05) is 17.6 Å². The van der Waals surface area contributed by atoms with Crippen molar-refractivity contribution >= 4 is 15.9 Å². The number of halogens is 1. The highest BCUT2D eigenvalue weighted by Gasteiger charge is 2.26. The first-order chi connectivity index (χ1) is 17.3. The second kappa shape index (κ2) is 11.5. The summed E-state index contributed by atoms with van der Waals surface area (Å²) in [6.07, 6.45) is 0.517. The summed E-state index contributed by atoms with van der Waals surface area (Å²) < 4.78 is 50.5. The normalized spacial score (nSPS) is 12.8. The van der Waals surface area contributed by atoms with E-state index in [1.54, 1.807) is 45.0 Å². The summed E-state index contributed by atoms with van der Waals surface area (Å²) in [5.41, 5.74) is 2.87. The van der Waals surface area contributed by atoms with Gasteiger partial charge < -0.3 is 24.5 Å². The molecule has 0 aliphatic carbocycles. The first kappa shape index (κ1) is 28.4. The van der Waals surface area contributed by atoms with E-state index in [4.69, 9.17) is 9.47 Å². The van der Waals surface area contributed by atoms with Crippen LogP contribution in [-0.2, 0) is 19.3 Å². The molecule has 3 rings (SSSR count). The number of hydrogen-bond donors (Lipinski definition) is 2. The lowest BCUT2D eigenvalue weighted by Crippen LogP contribution is -2.37. The van der Waals surface area contributed by atoms with Crippen LogP contribution in [0.1, 0.15) is 38.1 Å². The molecule has 37 heavy (non-hydrogen) atoms. The van der Waals surface area contributed by atoms with Crippen LogP contribution < -0.4 is 5.32 Å². The van der Waals surface area contributed by atoms with E-state index in [1.165, 1.54) is 24.3 Å². The summed E-state index contributed by atoms with van der Waals surface area (Å²) in [6, 6.07) is 13.7. The minimum atomic E-state index is -3.37. The third-order valence-corrected chi connectivity index (χ3v) is 6.66. The fraction of sp³-hybridized carbons (Fsp3) is 0.370. The van der Waals surface area contributed by atoms with Gasteiger partial charge in [-0.15, -0.1) is 0 Å². The molecule has 3 aromatic rings. The molecule has 0 spiro atoms. The predicted octanol–water partition coefficient (Wildman–Crippen LogP) is 4.57. The van der Waals surface area contributed by atoms with Crippen LogP contribution in [0.3, 0.4) is 0 Å². The van der Waals surface area contributed by atoms with Gasteiger partial charge in [-0.1, -0.05) is 12.1 Å². The Hall–Kier alpha value is -3.21. The van der Waals surface area contributed by atoms with E-state index in [9.17, 15) is 22.7 Å². The molecule has 2 aromatic carbocycles. The highest BCUT2D eigenvalue weighted by atomic mass is 32.2. The average Bonchev–Trinajstić information content (AvgIpc) is 3.14. The van der Waals surface area contributed by atoms with Gasteiger partial charge in [-0.25, -0.2) is 17.6 Å². The Morgan fingerprint density at radius 1 is 1.11 bits per heavy atom. The Morgan fingerprint density at radius 3 is 2.27 bits per heavy atom. The van der Waals surface area contributed by atoms with Gasteiger partial charge in [-0.2, -0.15) is 0 Å². The van der Waals surface area contributed by atoms with E-state index in [0.717, 1.165) is 23.1 Å². The van der Waals surface area contributed by atoms with Gasteiger partial charge in [0.25, 0.3) is 0 Å². The molecule has 0 saturated carbocycles. The van der Waals surface area contributed by atoms with Gasteiger partial charge in [0.15, 0.2) is 9.84 Å². The van der Waals surface area contributed by atoms with E-state index in [2.05, 4.69) is 5.32 Å². The van der Waals surface area contributed by atoms with Crippen LogP contribution in [0, 0.1) is 12.7 Å². The number of aromatic nitrogens is 1. The number of nitrogens with one attached hydrogen (secondary N) is 1. The van der Waals surface area contributed by atoms with Crippen LogP contribution in [0.2, 0.25) is 0 Å². The molecule has 1 aromatic heterocycles. The van der Waals surface area contributed by atoms with Crippen molar-refractivity contribution in [2.75, 3.05) is 26.1 Å². The van der Waals surface area contributed by atoms with Crippen LogP contribution >= 0.6 is 0 Å². The first-order valence-corrected chi connectivity index (χ1v) is 13.7.